The van der Waals surface area contributed by atoms with E-state index in [1.807, 2.05) is 30.3 Å². The Hall–Kier alpha value is -1.74. The lowest BCUT2D eigenvalue weighted by molar-refractivity contribution is 0.393. The monoisotopic (exact) mass is 271 g/mol. The van der Waals surface area contributed by atoms with Crippen LogP contribution < -0.4 is 14.3 Å². The Morgan fingerprint density at radius 2 is 1.42 bits per heavy atom. The van der Waals surface area contributed by atoms with Gasteiger partial charge in [0.1, 0.15) is 5.75 Å². The molecular formula is C16H19O2Si. The van der Waals surface area contributed by atoms with Crippen LogP contribution in [0.4, 0.5) is 0 Å². The molecule has 99 valence electrons. The van der Waals surface area contributed by atoms with Crippen molar-refractivity contribution in [3.63, 3.8) is 0 Å². The van der Waals surface area contributed by atoms with Gasteiger partial charge in [0, 0.05) is 0 Å². The molecule has 0 aromatic heterocycles. The second kappa shape index (κ2) is 6.43. The number of para-hydroxylation sites is 2. The minimum atomic E-state index is -1.10. The van der Waals surface area contributed by atoms with Crippen molar-refractivity contribution in [3.8, 4) is 11.5 Å². The van der Waals surface area contributed by atoms with Gasteiger partial charge in [0.15, 0.2) is 5.75 Å². The summed E-state index contributed by atoms with van der Waals surface area (Å²) in [5.74, 6) is 1.62. The molecule has 19 heavy (non-hydrogen) atoms. The predicted molar refractivity (Wildman–Crippen MR) is 80.6 cm³/mol. The van der Waals surface area contributed by atoms with Crippen molar-refractivity contribution in [2.75, 3.05) is 7.11 Å². The molecule has 0 atom stereocenters. The van der Waals surface area contributed by atoms with Gasteiger partial charge >= 0.3 is 9.04 Å². The Morgan fingerprint density at radius 1 is 0.842 bits per heavy atom. The fourth-order valence-electron chi connectivity index (χ4n) is 1.93. The fraction of sp³-hybridized carbons (Fsp3) is 0.250. The van der Waals surface area contributed by atoms with Gasteiger partial charge in [-0.1, -0.05) is 56.3 Å². The lowest BCUT2D eigenvalue weighted by Gasteiger charge is -2.21. The van der Waals surface area contributed by atoms with Gasteiger partial charge in [0.25, 0.3) is 0 Å². The van der Waals surface area contributed by atoms with E-state index in [0.717, 1.165) is 11.5 Å². The van der Waals surface area contributed by atoms with E-state index < -0.39 is 9.04 Å². The van der Waals surface area contributed by atoms with E-state index in [2.05, 4.69) is 38.1 Å². The lowest BCUT2D eigenvalue weighted by Crippen LogP contribution is -2.39. The number of hydrogen-bond donors (Lipinski definition) is 0. The van der Waals surface area contributed by atoms with E-state index in [4.69, 9.17) is 9.16 Å². The van der Waals surface area contributed by atoms with E-state index in [-0.39, 0.29) is 0 Å². The minimum absolute atomic E-state index is 0.484. The Bertz CT molecular complexity index is 511. The van der Waals surface area contributed by atoms with E-state index in [9.17, 15) is 0 Å². The SMILES string of the molecule is COc1ccccc1O[Si](c1ccccc1)C(C)C. The first-order chi connectivity index (χ1) is 9.22. The van der Waals surface area contributed by atoms with Crippen LogP contribution in [0, 0.1) is 0 Å². The molecule has 0 aliphatic carbocycles. The van der Waals surface area contributed by atoms with Crippen LogP contribution in [0.1, 0.15) is 13.8 Å². The molecule has 0 N–H and O–H groups in total. The Labute approximate surface area is 116 Å². The molecule has 0 aliphatic heterocycles. The van der Waals surface area contributed by atoms with Crippen molar-refractivity contribution < 1.29 is 9.16 Å². The van der Waals surface area contributed by atoms with Crippen molar-refractivity contribution in [3.05, 3.63) is 54.6 Å². The van der Waals surface area contributed by atoms with Crippen molar-refractivity contribution >= 4 is 14.2 Å². The van der Waals surface area contributed by atoms with Crippen LogP contribution in [-0.4, -0.2) is 16.2 Å². The predicted octanol–water partition coefficient (Wildman–Crippen LogP) is 3.38. The summed E-state index contributed by atoms with van der Waals surface area (Å²) in [6.07, 6.45) is 0. The van der Waals surface area contributed by atoms with Crippen molar-refractivity contribution in [1.29, 1.82) is 0 Å². The van der Waals surface area contributed by atoms with E-state index in [1.54, 1.807) is 7.11 Å². The molecular weight excluding hydrogens is 252 g/mol. The zero-order chi connectivity index (χ0) is 13.7. The summed E-state index contributed by atoms with van der Waals surface area (Å²) in [5, 5.41) is 1.29. The molecule has 0 saturated carbocycles. The maximum atomic E-state index is 6.26. The Morgan fingerprint density at radius 3 is 2.00 bits per heavy atom. The van der Waals surface area contributed by atoms with Crippen LogP contribution in [0.25, 0.3) is 0 Å². The van der Waals surface area contributed by atoms with Gasteiger partial charge in [-0.05, 0) is 22.9 Å². The average Bonchev–Trinajstić information content (AvgIpc) is 2.45. The number of rotatable bonds is 5. The first-order valence-electron chi connectivity index (χ1n) is 6.45. The smallest absolute Gasteiger partial charge is 0.319 e. The van der Waals surface area contributed by atoms with Crippen LogP contribution in [0.5, 0.6) is 11.5 Å². The number of hydrogen-bond acceptors (Lipinski definition) is 2. The van der Waals surface area contributed by atoms with Crippen molar-refractivity contribution in [2.45, 2.75) is 19.4 Å². The summed E-state index contributed by atoms with van der Waals surface area (Å²) in [4.78, 5) is 0. The molecule has 2 rings (SSSR count). The zero-order valence-corrected chi connectivity index (χ0v) is 12.6. The number of benzene rings is 2. The maximum Gasteiger partial charge on any atom is 0.319 e. The molecule has 0 heterocycles. The molecule has 0 spiro atoms. The molecule has 3 heteroatoms. The van der Waals surface area contributed by atoms with Crippen molar-refractivity contribution in [2.24, 2.45) is 0 Å². The number of methoxy groups -OCH3 is 1. The third-order valence-corrected chi connectivity index (χ3v) is 5.26. The van der Waals surface area contributed by atoms with Gasteiger partial charge in [-0.15, -0.1) is 0 Å². The normalized spacial score (nSPS) is 10.8. The van der Waals surface area contributed by atoms with Crippen LogP contribution in [0.3, 0.4) is 0 Å². The quantitative estimate of drug-likeness (QED) is 0.776. The second-order valence-corrected chi connectivity index (χ2v) is 7.30. The first kappa shape index (κ1) is 13.7. The minimum Gasteiger partial charge on any atom is -0.534 e. The largest absolute Gasteiger partial charge is 0.534 e. The molecule has 0 fully saturated rings. The Balaban J connectivity index is 2.27. The van der Waals surface area contributed by atoms with Crippen LogP contribution in [0.2, 0.25) is 5.54 Å². The van der Waals surface area contributed by atoms with Crippen LogP contribution in [0.15, 0.2) is 54.6 Å². The third-order valence-electron chi connectivity index (χ3n) is 2.87. The maximum absolute atomic E-state index is 6.26. The van der Waals surface area contributed by atoms with E-state index >= 15 is 0 Å². The fourth-order valence-corrected chi connectivity index (χ4v) is 3.88. The topological polar surface area (TPSA) is 18.5 Å². The summed E-state index contributed by atoms with van der Waals surface area (Å²) < 4.78 is 11.6. The summed E-state index contributed by atoms with van der Waals surface area (Å²) in [5.41, 5.74) is 0.484. The van der Waals surface area contributed by atoms with E-state index in [0.29, 0.717) is 5.54 Å². The molecule has 0 amide bonds. The van der Waals surface area contributed by atoms with Crippen LogP contribution in [-0.2, 0) is 0 Å². The highest BCUT2D eigenvalue weighted by atomic mass is 28.3. The second-order valence-electron chi connectivity index (χ2n) is 4.64. The number of ether oxygens (including phenoxy) is 1. The van der Waals surface area contributed by atoms with Gasteiger partial charge in [-0.3, -0.25) is 0 Å². The Kier molecular flexibility index (Phi) is 4.63. The molecule has 1 radical (unpaired) electrons. The van der Waals surface area contributed by atoms with Gasteiger partial charge < -0.3 is 9.16 Å². The summed E-state index contributed by atoms with van der Waals surface area (Å²) in [7, 11) is 0.570. The summed E-state index contributed by atoms with van der Waals surface area (Å²) >= 11 is 0. The standard InChI is InChI=1S/C16H19O2Si/c1-13(2)19(14-9-5-4-6-10-14)18-16-12-8-7-11-15(16)17-3/h4-13H,1-3H3. The first-order valence-corrected chi connectivity index (χ1v) is 7.94. The third kappa shape index (κ3) is 3.38. The molecule has 0 bridgehead atoms. The summed E-state index contributed by atoms with van der Waals surface area (Å²) in [6.45, 7) is 4.41. The molecule has 0 aliphatic rings. The van der Waals surface area contributed by atoms with Crippen molar-refractivity contribution in [1.82, 2.24) is 0 Å². The molecule has 2 aromatic rings. The van der Waals surface area contributed by atoms with E-state index in [1.165, 1.54) is 5.19 Å². The van der Waals surface area contributed by atoms with Gasteiger partial charge in [-0.2, -0.15) is 0 Å². The molecule has 0 saturated heterocycles. The highest BCUT2D eigenvalue weighted by Crippen LogP contribution is 2.27. The highest BCUT2D eigenvalue weighted by molar-refractivity contribution is 6.69. The van der Waals surface area contributed by atoms with Gasteiger partial charge in [0.2, 0.25) is 0 Å². The molecule has 0 unspecified atom stereocenters. The average molecular weight is 271 g/mol. The van der Waals surface area contributed by atoms with Gasteiger partial charge in [0.05, 0.1) is 7.11 Å². The molecule has 2 aromatic carbocycles. The van der Waals surface area contributed by atoms with Crippen LogP contribution >= 0.6 is 0 Å². The highest BCUT2D eigenvalue weighted by Gasteiger charge is 2.23. The molecule has 2 nitrogen and oxygen atoms in total. The zero-order valence-electron chi connectivity index (χ0n) is 11.6. The summed E-state index contributed by atoms with van der Waals surface area (Å²) in [6, 6.07) is 18.3. The van der Waals surface area contributed by atoms with Gasteiger partial charge in [-0.25, -0.2) is 0 Å². The lowest BCUT2D eigenvalue weighted by atomic mass is 10.3.